The number of benzene rings is 1. The maximum absolute atomic E-state index is 12.9. The molecular weight excluding hydrogens is 332 g/mol. The van der Waals surface area contributed by atoms with Crippen molar-refractivity contribution in [1.29, 1.82) is 0 Å². The number of Topliss-reactive ketones (excluding diaryl/α,β-unsaturated/α-hetero) is 1. The third-order valence-electron chi connectivity index (χ3n) is 4.44. The van der Waals surface area contributed by atoms with E-state index in [9.17, 15) is 19.8 Å². The highest BCUT2D eigenvalue weighted by Crippen LogP contribution is 2.41. The molecule has 0 aromatic heterocycles. The quantitative estimate of drug-likeness (QED) is 0.815. The van der Waals surface area contributed by atoms with Gasteiger partial charge in [-0.1, -0.05) is 32.9 Å². The van der Waals surface area contributed by atoms with Crippen molar-refractivity contribution in [2.75, 3.05) is 27.2 Å². The van der Waals surface area contributed by atoms with Gasteiger partial charge in [0.15, 0.2) is 11.5 Å². The summed E-state index contributed by atoms with van der Waals surface area (Å²) >= 11 is 0. The number of aliphatic hydroxyl groups excluding tert-OH is 1. The first-order chi connectivity index (χ1) is 12.0. The molecule has 0 bridgehead atoms. The maximum atomic E-state index is 12.9. The topological polar surface area (TPSA) is 81.1 Å². The minimum absolute atomic E-state index is 0.106. The molecule has 142 valence electrons. The molecule has 0 radical (unpaired) electrons. The average molecular weight is 360 g/mol. The summed E-state index contributed by atoms with van der Waals surface area (Å²) in [4.78, 5) is 29.2. The molecule has 1 unspecified atom stereocenters. The molecule has 1 aliphatic heterocycles. The molecule has 1 aromatic rings. The Morgan fingerprint density at radius 1 is 1.15 bits per heavy atom. The molecule has 2 N–H and O–H groups in total. The molecule has 1 aromatic carbocycles. The fourth-order valence-corrected chi connectivity index (χ4v) is 3.08. The Balaban J connectivity index is 2.45. The highest BCUT2D eigenvalue weighted by molar-refractivity contribution is 6.10. The van der Waals surface area contributed by atoms with Crippen LogP contribution >= 0.6 is 0 Å². The molecule has 0 fully saturated rings. The van der Waals surface area contributed by atoms with Crippen LogP contribution in [-0.4, -0.2) is 58.9 Å². The van der Waals surface area contributed by atoms with E-state index < -0.39 is 23.1 Å². The van der Waals surface area contributed by atoms with E-state index in [-0.39, 0.29) is 17.1 Å². The largest absolute Gasteiger partial charge is 0.508 e. The monoisotopic (exact) mass is 360 g/mol. The fourth-order valence-electron chi connectivity index (χ4n) is 3.08. The van der Waals surface area contributed by atoms with E-state index in [1.807, 2.05) is 19.0 Å². The van der Waals surface area contributed by atoms with Crippen LogP contribution in [0.15, 0.2) is 35.6 Å². The van der Waals surface area contributed by atoms with Gasteiger partial charge in [0.05, 0.1) is 11.6 Å². The van der Waals surface area contributed by atoms with Crippen molar-refractivity contribution in [1.82, 2.24) is 9.80 Å². The Bertz CT molecular complexity index is 714. The molecule has 1 atom stereocenters. The number of amides is 1. The lowest BCUT2D eigenvalue weighted by Crippen LogP contribution is -2.34. The Kier molecular flexibility index (Phi) is 5.76. The summed E-state index contributed by atoms with van der Waals surface area (Å²) in [5.41, 5.74) is 0.106. The van der Waals surface area contributed by atoms with Crippen LogP contribution in [-0.2, 0) is 9.59 Å². The number of ketones is 1. The summed E-state index contributed by atoms with van der Waals surface area (Å²) in [6.45, 7) is 6.51. The molecule has 6 heteroatoms. The lowest BCUT2D eigenvalue weighted by molar-refractivity contribution is -0.129. The van der Waals surface area contributed by atoms with Gasteiger partial charge < -0.3 is 20.0 Å². The number of carbonyl (C=O) groups is 2. The zero-order valence-electron chi connectivity index (χ0n) is 16.1. The zero-order valence-corrected chi connectivity index (χ0v) is 16.1. The van der Waals surface area contributed by atoms with Crippen LogP contribution in [0.2, 0.25) is 0 Å². The Morgan fingerprint density at radius 3 is 2.23 bits per heavy atom. The number of carbonyl (C=O) groups excluding carboxylic acids is 2. The van der Waals surface area contributed by atoms with Gasteiger partial charge in [-0.3, -0.25) is 9.59 Å². The number of phenolic OH excluding ortho intramolecular Hbond substituents is 1. The smallest absolute Gasteiger partial charge is 0.290 e. The van der Waals surface area contributed by atoms with Crippen LogP contribution in [0, 0.1) is 5.41 Å². The number of hydrogen-bond acceptors (Lipinski definition) is 5. The summed E-state index contributed by atoms with van der Waals surface area (Å²) < 4.78 is 0. The molecule has 2 rings (SSSR count). The van der Waals surface area contributed by atoms with E-state index in [0.717, 1.165) is 13.0 Å². The first-order valence-corrected chi connectivity index (χ1v) is 8.76. The first-order valence-electron chi connectivity index (χ1n) is 8.76. The number of aromatic hydroxyl groups is 1. The van der Waals surface area contributed by atoms with E-state index in [2.05, 4.69) is 0 Å². The highest BCUT2D eigenvalue weighted by Gasteiger charge is 2.45. The van der Waals surface area contributed by atoms with Gasteiger partial charge in [-0.25, -0.2) is 0 Å². The van der Waals surface area contributed by atoms with Crippen LogP contribution in [0.4, 0.5) is 0 Å². The van der Waals surface area contributed by atoms with Crippen molar-refractivity contribution in [3.8, 4) is 5.75 Å². The summed E-state index contributed by atoms with van der Waals surface area (Å²) in [6.07, 6.45) is 0.720. The van der Waals surface area contributed by atoms with Gasteiger partial charge in [0, 0.05) is 12.0 Å². The standard InChI is InChI=1S/C20H28N2O4/c1-20(2,3)18(25)15-16(13-7-9-14(23)10-8-13)22(19(26)17(15)24)12-6-11-21(4)5/h7-10,16,23-24H,6,11-12H2,1-5H3. The second-order valence-corrected chi connectivity index (χ2v) is 7.99. The molecule has 6 nitrogen and oxygen atoms in total. The average Bonchev–Trinajstić information content (AvgIpc) is 2.78. The highest BCUT2D eigenvalue weighted by atomic mass is 16.3. The van der Waals surface area contributed by atoms with Gasteiger partial charge in [0.25, 0.3) is 5.91 Å². The normalized spacial score (nSPS) is 18.2. The molecule has 0 spiro atoms. The Hall–Kier alpha value is -2.34. The minimum atomic E-state index is -0.724. The predicted molar refractivity (Wildman–Crippen MR) is 99.8 cm³/mol. The van der Waals surface area contributed by atoms with Gasteiger partial charge in [-0.15, -0.1) is 0 Å². The third kappa shape index (κ3) is 4.07. The molecule has 1 aliphatic rings. The van der Waals surface area contributed by atoms with Crippen molar-refractivity contribution in [2.24, 2.45) is 5.41 Å². The van der Waals surface area contributed by atoms with Crippen LogP contribution in [0.5, 0.6) is 5.75 Å². The number of aliphatic hydroxyl groups is 1. The summed E-state index contributed by atoms with van der Waals surface area (Å²) in [5, 5.41) is 20.0. The van der Waals surface area contributed by atoms with Crippen molar-refractivity contribution < 1.29 is 19.8 Å². The molecule has 0 saturated carbocycles. The van der Waals surface area contributed by atoms with Crippen molar-refractivity contribution in [3.05, 3.63) is 41.2 Å². The van der Waals surface area contributed by atoms with E-state index in [0.29, 0.717) is 12.1 Å². The summed E-state index contributed by atoms with van der Waals surface area (Å²) in [6, 6.07) is 5.76. The third-order valence-corrected chi connectivity index (χ3v) is 4.44. The van der Waals surface area contributed by atoms with Crippen molar-refractivity contribution in [3.63, 3.8) is 0 Å². The Labute approximate surface area is 154 Å². The second kappa shape index (κ2) is 7.50. The van der Waals surface area contributed by atoms with E-state index in [4.69, 9.17) is 0 Å². The maximum Gasteiger partial charge on any atom is 0.290 e. The molecule has 0 aliphatic carbocycles. The van der Waals surface area contributed by atoms with Crippen molar-refractivity contribution in [2.45, 2.75) is 33.2 Å². The number of phenols is 1. The van der Waals surface area contributed by atoms with Gasteiger partial charge in [-0.2, -0.15) is 0 Å². The lowest BCUT2D eigenvalue weighted by Gasteiger charge is -2.29. The minimum Gasteiger partial charge on any atom is -0.508 e. The number of nitrogens with zero attached hydrogens (tertiary/aromatic N) is 2. The van der Waals surface area contributed by atoms with Gasteiger partial charge in [0.2, 0.25) is 0 Å². The zero-order chi connectivity index (χ0) is 19.6. The molecule has 0 saturated heterocycles. The molecule has 1 amide bonds. The fraction of sp³-hybridized carbons (Fsp3) is 0.500. The predicted octanol–water partition coefficient (Wildman–Crippen LogP) is 2.65. The SMILES string of the molecule is CN(C)CCCN1C(=O)C(O)=C(C(=O)C(C)(C)C)C1c1ccc(O)cc1. The lowest BCUT2D eigenvalue weighted by atomic mass is 9.82. The molecule has 26 heavy (non-hydrogen) atoms. The van der Waals surface area contributed by atoms with Crippen LogP contribution < -0.4 is 0 Å². The van der Waals surface area contributed by atoms with E-state index >= 15 is 0 Å². The van der Waals surface area contributed by atoms with Crippen LogP contribution in [0.3, 0.4) is 0 Å². The van der Waals surface area contributed by atoms with E-state index in [1.165, 1.54) is 12.1 Å². The van der Waals surface area contributed by atoms with Gasteiger partial charge >= 0.3 is 0 Å². The second-order valence-electron chi connectivity index (χ2n) is 7.99. The summed E-state index contributed by atoms with van der Waals surface area (Å²) in [7, 11) is 3.90. The summed E-state index contributed by atoms with van der Waals surface area (Å²) in [5.74, 6) is -1.13. The van der Waals surface area contributed by atoms with Gasteiger partial charge in [0.1, 0.15) is 5.75 Å². The first kappa shape index (κ1) is 20.0. The Morgan fingerprint density at radius 2 is 1.73 bits per heavy atom. The van der Waals surface area contributed by atoms with Gasteiger partial charge in [-0.05, 0) is 44.8 Å². The van der Waals surface area contributed by atoms with Crippen LogP contribution in [0.25, 0.3) is 0 Å². The molecular formula is C20H28N2O4. The van der Waals surface area contributed by atoms with Crippen LogP contribution in [0.1, 0.15) is 38.8 Å². The van der Waals surface area contributed by atoms with Crippen molar-refractivity contribution >= 4 is 11.7 Å². The molecule has 1 heterocycles. The number of hydrogen-bond donors (Lipinski definition) is 2. The number of rotatable bonds is 6. The van der Waals surface area contributed by atoms with E-state index in [1.54, 1.807) is 37.8 Å².